The molecule has 1 heterocycles. The van der Waals surface area contributed by atoms with Gasteiger partial charge in [-0.15, -0.1) is 0 Å². The number of rotatable bonds is 4. The van der Waals surface area contributed by atoms with E-state index in [1.165, 1.54) is 25.3 Å². The van der Waals surface area contributed by atoms with Crippen LogP contribution in [-0.4, -0.2) is 23.3 Å². The van der Waals surface area contributed by atoms with Gasteiger partial charge in [-0.25, -0.2) is 4.39 Å². The molecule has 1 fully saturated rings. The highest BCUT2D eigenvalue weighted by Crippen LogP contribution is 2.25. The van der Waals surface area contributed by atoms with E-state index in [1.807, 2.05) is 6.07 Å². The van der Waals surface area contributed by atoms with Crippen molar-refractivity contribution < 1.29 is 4.39 Å². The van der Waals surface area contributed by atoms with Crippen LogP contribution in [0.15, 0.2) is 18.2 Å². The molecule has 4 heteroatoms. The van der Waals surface area contributed by atoms with Crippen LogP contribution in [0.3, 0.4) is 0 Å². The Morgan fingerprint density at radius 3 is 3.06 bits per heavy atom. The smallest absolute Gasteiger partial charge is 0.142 e. The molecule has 0 aromatic heterocycles. The summed E-state index contributed by atoms with van der Waals surface area (Å²) in [6, 6.07) is 5.06. The summed E-state index contributed by atoms with van der Waals surface area (Å²) in [5, 5.41) is 1.34. The van der Waals surface area contributed by atoms with Gasteiger partial charge in [0.1, 0.15) is 5.82 Å². The quantitative estimate of drug-likeness (QED) is 0.734. The molecule has 1 aromatic carbocycles. The maximum atomic E-state index is 13.4. The minimum absolute atomic E-state index is 0.278. The third-order valence-corrected chi connectivity index (χ3v) is 4.43. The molecule has 0 N–H and O–H groups in total. The van der Waals surface area contributed by atoms with E-state index >= 15 is 0 Å². The molecule has 1 atom stereocenters. The van der Waals surface area contributed by atoms with Gasteiger partial charge in [0.25, 0.3) is 0 Å². The van der Waals surface area contributed by atoms with Crippen molar-refractivity contribution in [3.05, 3.63) is 34.6 Å². The Kier molecular flexibility index (Phi) is 5.46. The zero-order valence-electron chi connectivity index (χ0n) is 10.3. The minimum atomic E-state index is -0.316. The molecule has 1 unspecified atom stereocenters. The van der Waals surface area contributed by atoms with E-state index < -0.39 is 0 Å². The van der Waals surface area contributed by atoms with Crippen molar-refractivity contribution >= 4 is 27.5 Å². The molecule has 0 aliphatic carbocycles. The Morgan fingerprint density at radius 1 is 1.44 bits per heavy atom. The summed E-state index contributed by atoms with van der Waals surface area (Å²) < 4.78 is 13.4. The highest BCUT2D eigenvalue weighted by atomic mass is 79.9. The second-order valence-electron chi connectivity index (χ2n) is 4.93. The van der Waals surface area contributed by atoms with Crippen molar-refractivity contribution in [2.24, 2.45) is 5.92 Å². The van der Waals surface area contributed by atoms with E-state index in [-0.39, 0.29) is 10.8 Å². The van der Waals surface area contributed by atoms with Crippen molar-refractivity contribution in [2.75, 3.05) is 18.4 Å². The van der Waals surface area contributed by atoms with E-state index in [2.05, 4.69) is 20.8 Å². The van der Waals surface area contributed by atoms with Gasteiger partial charge in [-0.1, -0.05) is 39.7 Å². The predicted octanol–water partition coefficient (Wildman–Crippen LogP) is 4.48. The first-order valence-corrected chi connectivity index (χ1v) is 7.92. The summed E-state index contributed by atoms with van der Waals surface area (Å²) >= 11 is 9.50. The molecular weight excluding hydrogens is 317 g/mol. The van der Waals surface area contributed by atoms with Gasteiger partial charge in [0.05, 0.1) is 5.02 Å². The molecule has 1 nitrogen and oxygen atoms in total. The maximum Gasteiger partial charge on any atom is 0.142 e. The summed E-state index contributed by atoms with van der Waals surface area (Å²) in [6.07, 6.45) is 3.75. The zero-order valence-corrected chi connectivity index (χ0v) is 12.7. The lowest BCUT2D eigenvalue weighted by atomic mass is 9.95. The Bertz CT molecular complexity index is 397. The second kappa shape index (κ2) is 6.88. The van der Waals surface area contributed by atoms with Gasteiger partial charge in [-0.3, -0.25) is 4.90 Å². The van der Waals surface area contributed by atoms with E-state index in [9.17, 15) is 4.39 Å². The lowest BCUT2D eigenvalue weighted by Gasteiger charge is -2.32. The van der Waals surface area contributed by atoms with Crippen LogP contribution >= 0.6 is 27.5 Å². The molecular formula is C14H18BrClFN. The lowest BCUT2D eigenvalue weighted by molar-refractivity contribution is 0.165. The molecule has 100 valence electrons. The average molecular weight is 335 g/mol. The first kappa shape index (κ1) is 14.3. The fraction of sp³-hybridized carbons (Fsp3) is 0.571. The average Bonchev–Trinajstić information content (AvgIpc) is 2.36. The highest BCUT2D eigenvalue weighted by Gasteiger charge is 2.20. The lowest BCUT2D eigenvalue weighted by Crippen LogP contribution is -2.35. The summed E-state index contributed by atoms with van der Waals surface area (Å²) in [5.41, 5.74) is 0.899. The maximum absolute atomic E-state index is 13.4. The third kappa shape index (κ3) is 3.69. The molecule has 0 saturated carbocycles. The summed E-state index contributed by atoms with van der Waals surface area (Å²) in [5.74, 6) is 0.439. The monoisotopic (exact) mass is 333 g/mol. The van der Waals surface area contributed by atoms with E-state index in [1.54, 1.807) is 6.07 Å². The Balaban J connectivity index is 1.98. The number of hydrogen-bond donors (Lipinski definition) is 0. The number of likely N-dealkylation sites (tertiary alicyclic amines) is 1. The van der Waals surface area contributed by atoms with Crippen molar-refractivity contribution in [1.29, 1.82) is 0 Å². The molecule has 0 spiro atoms. The summed E-state index contributed by atoms with van der Waals surface area (Å²) in [4.78, 5) is 2.39. The number of nitrogens with zero attached hydrogens (tertiary/aromatic N) is 1. The van der Waals surface area contributed by atoms with Crippen molar-refractivity contribution in [3.63, 3.8) is 0 Å². The van der Waals surface area contributed by atoms with E-state index in [0.29, 0.717) is 0 Å². The fourth-order valence-electron chi connectivity index (χ4n) is 2.60. The van der Waals surface area contributed by atoms with Gasteiger partial charge in [0.2, 0.25) is 0 Å². The number of hydrogen-bond acceptors (Lipinski definition) is 1. The van der Waals surface area contributed by atoms with Gasteiger partial charge in [0, 0.05) is 18.4 Å². The van der Waals surface area contributed by atoms with E-state index in [0.717, 1.165) is 36.4 Å². The van der Waals surface area contributed by atoms with Crippen LogP contribution in [-0.2, 0) is 6.54 Å². The van der Waals surface area contributed by atoms with Gasteiger partial charge in [-0.2, -0.15) is 0 Å². The van der Waals surface area contributed by atoms with E-state index in [4.69, 9.17) is 11.6 Å². The molecule has 0 bridgehead atoms. The van der Waals surface area contributed by atoms with Crippen LogP contribution in [0.5, 0.6) is 0 Å². The van der Waals surface area contributed by atoms with Crippen molar-refractivity contribution in [2.45, 2.75) is 25.8 Å². The van der Waals surface area contributed by atoms with Crippen molar-refractivity contribution in [1.82, 2.24) is 4.90 Å². The first-order valence-electron chi connectivity index (χ1n) is 6.42. The normalized spacial score (nSPS) is 21.2. The predicted molar refractivity (Wildman–Crippen MR) is 77.8 cm³/mol. The molecule has 0 amide bonds. The number of benzene rings is 1. The van der Waals surface area contributed by atoms with Crippen molar-refractivity contribution in [3.8, 4) is 0 Å². The Morgan fingerprint density at radius 2 is 2.28 bits per heavy atom. The Labute approximate surface area is 121 Å². The molecule has 1 aliphatic heterocycles. The fourth-order valence-corrected chi connectivity index (χ4v) is 3.43. The first-order chi connectivity index (χ1) is 8.70. The summed E-state index contributed by atoms with van der Waals surface area (Å²) in [7, 11) is 0. The summed E-state index contributed by atoms with van der Waals surface area (Å²) in [6.45, 7) is 2.94. The van der Waals surface area contributed by atoms with Gasteiger partial charge < -0.3 is 0 Å². The topological polar surface area (TPSA) is 3.24 Å². The van der Waals surface area contributed by atoms with Crippen LogP contribution in [0.2, 0.25) is 5.02 Å². The van der Waals surface area contributed by atoms with Crippen LogP contribution in [0.25, 0.3) is 0 Å². The molecule has 18 heavy (non-hydrogen) atoms. The van der Waals surface area contributed by atoms with Crippen LogP contribution < -0.4 is 0 Å². The van der Waals surface area contributed by atoms with Gasteiger partial charge in [-0.05, 0) is 43.4 Å². The van der Waals surface area contributed by atoms with Crippen LogP contribution in [0.1, 0.15) is 24.8 Å². The molecule has 1 aliphatic rings. The SMILES string of the molecule is Fc1cccc(CN2CCCC(CCBr)C2)c1Cl. The van der Waals surface area contributed by atoms with Gasteiger partial charge in [0.15, 0.2) is 0 Å². The van der Waals surface area contributed by atoms with Crippen LogP contribution in [0, 0.1) is 11.7 Å². The molecule has 0 radical (unpaired) electrons. The molecule has 2 rings (SSSR count). The third-order valence-electron chi connectivity index (χ3n) is 3.55. The molecule has 1 saturated heterocycles. The Hall–Kier alpha value is -0.120. The largest absolute Gasteiger partial charge is 0.299 e. The zero-order chi connectivity index (χ0) is 13.0. The number of halogens is 3. The minimum Gasteiger partial charge on any atom is -0.299 e. The van der Waals surface area contributed by atoms with Crippen LogP contribution in [0.4, 0.5) is 4.39 Å². The number of alkyl halides is 1. The highest BCUT2D eigenvalue weighted by molar-refractivity contribution is 9.09. The standard InChI is InChI=1S/C14H18BrClFN/c15-7-6-11-3-2-8-18(9-11)10-12-4-1-5-13(17)14(12)16/h1,4-5,11H,2-3,6-10H2. The number of piperidine rings is 1. The molecule has 1 aromatic rings. The second-order valence-corrected chi connectivity index (χ2v) is 6.10. The van der Waals surface area contributed by atoms with Gasteiger partial charge >= 0.3 is 0 Å².